The summed E-state index contributed by atoms with van der Waals surface area (Å²) in [5.74, 6) is -2.71. The van der Waals surface area contributed by atoms with Crippen LogP contribution in [-0.2, 0) is 42.7 Å². The van der Waals surface area contributed by atoms with Gasteiger partial charge in [-0.1, -0.05) is 19.9 Å². The first kappa shape index (κ1) is 62.8. The van der Waals surface area contributed by atoms with Crippen LogP contribution >= 0.6 is 0 Å². The Hall–Kier alpha value is -1.75. The number of aliphatic hydroxyl groups excluding tert-OH is 17. The van der Waals surface area contributed by atoms with Crippen LogP contribution in [-0.4, -0.2) is 267 Å². The topological polar surface area (TPSA) is 435 Å². The summed E-state index contributed by atoms with van der Waals surface area (Å²) >= 11 is 0. The van der Waals surface area contributed by atoms with E-state index in [1.807, 2.05) is 6.92 Å². The van der Waals surface area contributed by atoms with Crippen molar-refractivity contribution in [2.45, 2.75) is 226 Å². The lowest BCUT2D eigenvalue weighted by Crippen LogP contribution is -2.63. The van der Waals surface area contributed by atoms with E-state index in [-0.39, 0.29) is 37.0 Å². The van der Waals surface area contributed by atoms with Gasteiger partial charge >= 0.3 is 5.97 Å². The number of esters is 1. The van der Waals surface area contributed by atoms with E-state index in [2.05, 4.69) is 13.5 Å². The smallest absolute Gasteiger partial charge is 0.312 e. The van der Waals surface area contributed by atoms with Gasteiger partial charge in [-0.3, -0.25) is 4.79 Å². The standard InChI is InChI=1S/C51H86O26/c1-20-12-22-6-9-32-50(3,10-5-11-51(32,4)49(69)75-28-14-24(16-53)34(58)41(65)44(28)76-46-42(66)39(63)36(60)29(17-54)72-46)25(22)7-8-26(20)71-48(45(68)77-47-43(67)40(64)37(61)30(18-55)73-47)74-31(21(2)56)19-70-27-13-23(15-52)33(57)38(62)35(27)59/h21-48,52-68H,1,5-19H2,2-4H3/t21?,22?,23?,24?,25-,26?,27?,28?,29?,30?,31?,32?,33?,34?,35?,36?,37?,38?,39?,40?,41?,42?,43?,44?,45?,46?,47?,48?,50+,51-/m1/s1. The Morgan fingerprint density at radius 2 is 1.23 bits per heavy atom. The Morgan fingerprint density at radius 1 is 0.662 bits per heavy atom. The van der Waals surface area contributed by atoms with E-state index in [1.54, 1.807) is 0 Å². The van der Waals surface area contributed by atoms with E-state index in [0.29, 0.717) is 44.1 Å². The van der Waals surface area contributed by atoms with Crippen molar-refractivity contribution < 1.29 is 130 Å². The van der Waals surface area contributed by atoms with Crippen molar-refractivity contribution in [3.05, 3.63) is 12.2 Å². The molecule has 0 spiro atoms. The highest BCUT2D eigenvalue weighted by Gasteiger charge is 2.61. The van der Waals surface area contributed by atoms with E-state index >= 15 is 0 Å². The van der Waals surface area contributed by atoms with Crippen molar-refractivity contribution in [3.8, 4) is 0 Å². The summed E-state index contributed by atoms with van der Waals surface area (Å²) < 4.78 is 47.6. The summed E-state index contributed by atoms with van der Waals surface area (Å²) in [6.07, 6.45) is -33.1. The van der Waals surface area contributed by atoms with Gasteiger partial charge in [0.1, 0.15) is 85.5 Å². The van der Waals surface area contributed by atoms with Crippen molar-refractivity contribution in [1.82, 2.24) is 0 Å². The molecule has 0 aromatic carbocycles. The van der Waals surface area contributed by atoms with Gasteiger partial charge in [0.2, 0.25) is 12.6 Å². The molecule has 0 bridgehead atoms. The minimum absolute atomic E-state index is 0.0270. The summed E-state index contributed by atoms with van der Waals surface area (Å²) in [4.78, 5) is 14.9. The van der Waals surface area contributed by atoms with Crippen LogP contribution in [0.5, 0.6) is 0 Å². The number of hydrogen-bond acceptors (Lipinski definition) is 26. The number of fused-ring (bicyclic) bond motifs is 3. The zero-order chi connectivity index (χ0) is 56.6. The van der Waals surface area contributed by atoms with Crippen molar-refractivity contribution in [2.75, 3.05) is 33.0 Å². The quantitative estimate of drug-likeness (QED) is 0.0326. The van der Waals surface area contributed by atoms with Crippen molar-refractivity contribution >= 4 is 5.97 Å². The summed E-state index contributed by atoms with van der Waals surface area (Å²) in [5, 5.41) is 180. The van der Waals surface area contributed by atoms with Crippen LogP contribution in [0.1, 0.15) is 85.0 Å². The summed E-state index contributed by atoms with van der Waals surface area (Å²) in [5.41, 5.74) is -1.01. The maximum Gasteiger partial charge on any atom is 0.312 e. The Balaban J connectivity index is 1.09. The second kappa shape index (κ2) is 26.2. The highest BCUT2D eigenvalue weighted by atomic mass is 16.8. The number of carbonyl (C=O) groups is 1. The summed E-state index contributed by atoms with van der Waals surface area (Å²) in [7, 11) is 0. The minimum Gasteiger partial charge on any atom is -0.459 e. The molecule has 27 unspecified atom stereocenters. The van der Waals surface area contributed by atoms with Crippen molar-refractivity contribution in [2.24, 2.45) is 40.4 Å². The molecule has 2 aliphatic heterocycles. The van der Waals surface area contributed by atoms with Crippen molar-refractivity contribution in [1.29, 1.82) is 0 Å². The molecule has 26 heteroatoms. The van der Waals surface area contributed by atoms with Crippen LogP contribution in [0.3, 0.4) is 0 Å². The van der Waals surface area contributed by atoms with Gasteiger partial charge in [-0.05, 0) is 100 Å². The largest absolute Gasteiger partial charge is 0.459 e. The number of hydrogen-bond donors (Lipinski definition) is 17. The number of carbonyl (C=O) groups excluding carboxylic acids is 1. The lowest BCUT2D eigenvalue weighted by Gasteiger charge is -2.59. The fraction of sp³-hybridized carbons (Fsp3) is 0.941. The molecule has 26 nitrogen and oxygen atoms in total. The molecule has 0 radical (unpaired) electrons. The Kier molecular flexibility index (Phi) is 21.4. The molecule has 17 N–H and O–H groups in total. The second-order valence-electron chi connectivity index (χ2n) is 23.3. The first-order valence-corrected chi connectivity index (χ1v) is 27.1. The normalized spacial score (nSPS) is 48.4. The molecular weight excluding hydrogens is 1030 g/mol. The summed E-state index contributed by atoms with van der Waals surface area (Å²) in [6.45, 7) is 6.52. The molecular formula is C51H86O26. The number of rotatable bonds is 19. The van der Waals surface area contributed by atoms with Crippen LogP contribution in [0.4, 0.5) is 0 Å². The van der Waals surface area contributed by atoms with Crippen LogP contribution < -0.4 is 0 Å². The van der Waals surface area contributed by atoms with Crippen molar-refractivity contribution in [3.63, 3.8) is 0 Å². The third-order valence-corrected chi connectivity index (χ3v) is 18.4. The van der Waals surface area contributed by atoms with Crippen LogP contribution in [0.15, 0.2) is 12.2 Å². The van der Waals surface area contributed by atoms with Gasteiger partial charge in [-0.15, -0.1) is 0 Å². The Labute approximate surface area is 446 Å². The van der Waals surface area contributed by atoms with E-state index in [0.717, 1.165) is 6.42 Å². The zero-order valence-corrected chi connectivity index (χ0v) is 43.8. The molecule has 77 heavy (non-hydrogen) atoms. The predicted octanol–water partition coefficient (Wildman–Crippen LogP) is -5.51. The number of ether oxygens (including phenoxy) is 8. The molecule has 7 aliphatic rings. The molecule has 0 aromatic rings. The van der Waals surface area contributed by atoms with Gasteiger partial charge < -0.3 is 125 Å². The number of aliphatic hydroxyl groups is 17. The molecule has 446 valence electrons. The fourth-order valence-electron chi connectivity index (χ4n) is 13.7. The van der Waals surface area contributed by atoms with Gasteiger partial charge in [0, 0.05) is 25.0 Å². The van der Waals surface area contributed by atoms with Gasteiger partial charge in [-0.2, -0.15) is 0 Å². The molecule has 2 saturated heterocycles. The van der Waals surface area contributed by atoms with Crippen LogP contribution in [0.2, 0.25) is 0 Å². The van der Waals surface area contributed by atoms with E-state index in [9.17, 15) is 91.6 Å². The monoisotopic (exact) mass is 1110 g/mol. The van der Waals surface area contributed by atoms with Crippen LogP contribution in [0, 0.1) is 40.4 Å². The molecule has 7 fully saturated rings. The Morgan fingerprint density at radius 3 is 1.83 bits per heavy atom. The maximum absolute atomic E-state index is 14.9. The lowest BCUT2D eigenvalue weighted by atomic mass is 9.45. The van der Waals surface area contributed by atoms with Crippen LogP contribution in [0.25, 0.3) is 0 Å². The average molecular weight is 1120 g/mol. The van der Waals surface area contributed by atoms with Gasteiger partial charge in [0.25, 0.3) is 0 Å². The fourth-order valence-corrected chi connectivity index (χ4v) is 13.7. The van der Waals surface area contributed by atoms with Gasteiger partial charge in [0.15, 0.2) is 12.6 Å². The molecule has 30 atom stereocenters. The predicted molar refractivity (Wildman–Crippen MR) is 258 cm³/mol. The highest BCUT2D eigenvalue weighted by Crippen LogP contribution is 2.64. The molecule has 0 amide bonds. The van der Waals surface area contributed by atoms with E-state index in [4.69, 9.17) is 37.9 Å². The average Bonchev–Trinajstić information content (AvgIpc) is 3.62. The maximum atomic E-state index is 14.9. The third kappa shape index (κ3) is 12.9. The first-order chi connectivity index (χ1) is 36.3. The molecule has 5 aliphatic carbocycles. The molecule has 7 rings (SSSR count). The van der Waals surface area contributed by atoms with Gasteiger partial charge in [0.05, 0.1) is 55.8 Å². The van der Waals surface area contributed by atoms with E-state index in [1.165, 1.54) is 6.92 Å². The molecule has 2 heterocycles. The van der Waals surface area contributed by atoms with E-state index < -0.39 is 203 Å². The molecule has 5 saturated carbocycles. The minimum atomic E-state index is -2.18. The zero-order valence-electron chi connectivity index (χ0n) is 43.8. The lowest BCUT2D eigenvalue weighted by molar-refractivity contribution is -0.373. The summed E-state index contributed by atoms with van der Waals surface area (Å²) in [6, 6.07) is 0. The SMILES string of the molecule is C=C1CC2CCC3[C@](C)(C(=O)OC4CC(CO)C(O)C(O)C4OC4OC(CO)C(O)C(O)C4O)CCC[C@@]3(C)[C@@H]2CCC1OC(OC(COC1CC(CO)C(O)C(O)C1O)C(C)O)C(O)OC1OC(CO)C(O)C(O)C1O. The third-order valence-electron chi connectivity index (χ3n) is 18.4. The molecule has 0 aromatic heterocycles. The van der Waals surface area contributed by atoms with Gasteiger partial charge in [-0.25, -0.2) is 0 Å². The Bertz CT molecular complexity index is 1900. The second-order valence-corrected chi connectivity index (χ2v) is 23.3. The first-order valence-electron chi connectivity index (χ1n) is 27.1. The highest BCUT2D eigenvalue weighted by molar-refractivity contribution is 5.77.